The van der Waals surface area contributed by atoms with E-state index < -0.39 is 21.5 Å². The molecule has 0 radical (unpaired) electrons. The van der Waals surface area contributed by atoms with Crippen LogP contribution in [-0.2, 0) is 9.84 Å². The first-order chi connectivity index (χ1) is 12.9. The van der Waals surface area contributed by atoms with Crippen LogP contribution in [0.2, 0.25) is 0 Å². The number of aromatic nitrogens is 1. The highest BCUT2D eigenvalue weighted by Gasteiger charge is 2.21. The Balaban J connectivity index is 1.54. The van der Waals surface area contributed by atoms with Crippen molar-refractivity contribution in [3.8, 4) is 21.0 Å². The highest BCUT2D eigenvalue weighted by molar-refractivity contribution is 7.91. The fourth-order valence-electron chi connectivity index (χ4n) is 3.00. The molecule has 0 unspecified atom stereocenters. The number of halogens is 2. The minimum atomic E-state index is -2.91. The van der Waals surface area contributed by atoms with Gasteiger partial charge in [0.1, 0.15) is 16.6 Å². The van der Waals surface area contributed by atoms with Crippen molar-refractivity contribution in [1.82, 2.24) is 4.98 Å². The van der Waals surface area contributed by atoms with Gasteiger partial charge in [0.2, 0.25) is 0 Å². The first-order valence-electron chi connectivity index (χ1n) is 8.38. The Morgan fingerprint density at radius 1 is 1.00 bits per heavy atom. The third-order valence-corrected chi connectivity index (χ3v) is 7.22. The zero-order valence-corrected chi connectivity index (χ0v) is 15.9. The molecule has 0 N–H and O–H groups in total. The number of hydrogen-bond donors (Lipinski definition) is 0. The molecule has 3 aromatic rings. The minimum absolute atomic E-state index is 0.177. The third kappa shape index (κ3) is 3.86. The normalized spacial score (nSPS) is 16.4. The van der Waals surface area contributed by atoms with Gasteiger partial charge in [0.25, 0.3) is 0 Å². The molecule has 27 heavy (non-hydrogen) atoms. The van der Waals surface area contributed by atoms with Crippen molar-refractivity contribution in [2.75, 3.05) is 29.5 Å². The summed E-state index contributed by atoms with van der Waals surface area (Å²) in [6.45, 7) is 0.993. The maximum atomic E-state index is 13.9. The highest BCUT2D eigenvalue weighted by atomic mass is 32.2. The molecular weight excluding hydrogens is 390 g/mol. The van der Waals surface area contributed by atoms with Crippen molar-refractivity contribution in [2.45, 2.75) is 0 Å². The van der Waals surface area contributed by atoms with Crippen molar-refractivity contribution in [1.29, 1.82) is 0 Å². The van der Waals surface area contributed by atoms with E-state index in [1.165, 1.54) is 23.5 Å². The van der Waals surface area contributed by atoms with Crippen molar-refractivity contribution in [3.63, 3.8) is 0 Å². The lowest BCUT2D eigenvalue weighted by Crippen LogP contribution is -2.40. The molecule has 8 heteroatoms. The van der Waals surface area contributed by atoms with Gasteiger partial charge in [0.15, 0.2) is 9.84 Å². The number of rotatable bonds is 3. The third-order valence-electron chi connectivity index (χ3n) is 4.53. The number of thiazole rings is 1. The maximum absolute atomic E-state index is 13.9. The number of anilines is 1. The molecule has 0 atom stereocenters. The van der Waals surface area contributed by atoms with Crippen LogP contribution >= 0.6 is 11.3 Å². The lowest BCUT2D eigenvalue weighted by Gasteiger charge is -2.28. The van der Waals surface area contributed by atoms with Gasteiger partial charge in [-0.05, 0) is 29.8 Å². The van der Waals surface area contributed by atoms with Crippen LogP contribution in [0.3, 0.4) is 0 Å². The zero-order valence-electron chi connectivity index (χ0n) is 14.2. The van der Waals surface area contributed by atoms with E-state index in [2.05, 4.69) is 9.88 Å². The SMILES string of the molecule is O=S1(=O)CCN(c2ccc(-c3cnc(-c4ccc(F)cc4F)s3)cc2)CC1. The Bertz CT molecular complexity index is 1070. The molecule has 2 aromatic carbocycles. The lowest BCUT2D eigenvalue weighted by atomic mass is 10.1. The van der Waals surface area contributed by atoms with Crippen LogP contribution in [0, 0.1) is 11.6 Å². The van der Waals surface area contributed by atoms with Crippen molar-refractivity contribution >= 4 is 26.9 Å². The predicted octanol–water partition coefficient (Wildman–Crippen LogP) is 3.99. The Morgan fingerprint density at radius 3 is 2.37 bits per heavy atom. The first-order valence-corrected chi connectivity index (χ1v) is 11.0. The van der Waals surface area contributed by atoms with E-state index in [4.69, 9.17) is 0 Å². The van der Waals surface area contributed by atoms with Gasteiger partial charge in [-0.3, -0.25) is 0 Å². The fraction of sp³-hybridized carbons (Fsp3) is 0.211. The zero-order chi connectivity index (χ0) is 19.0. The molecular formula is C19H16F2N2O2S2. The molecule has 1 aliphatic rings. The minimum Gasteiger partial charge on any atom is -0.369 e. The van der Waals surface area contributed by atoms with E-state index in [1.54, 1.807) is 6.20 Å². The van der Waals surface area contributed by atoms with E-state index >= 15 is 0 Å². The smallest absolute Gasteiger partial charge is 0.153 e. The molecule has 4 rings (SSSR count). The van der Waals surface area contributed by atoms with Gasteiger partial charge in [0.05, 0.1) is 16.4 Å². The maximum Gasteiger partial charge on any atom is 0.153 e. The van der Waals surface area contributed by atoms with Crippen molar-refractivity contribution in [2.24, 2.45) is 0 Å². The summed E-state index contributed by atoms with van der Waals surface area (Å²) in [4.78, 5) is 7.19. The number of hydrogen-bond acceptors (Lipinski definition) is 5. The topological polar surface area (TPSA) is 50.3 Å². The Kier molecular flexibility index (Phi) is 4.69. The van der Waals surface area contributed by atoms with Crippen molar-refractivity contribution in [3.05, 3.63) is 60.3 Å². The highest BCUT2D eigenvalue weighted by Crippen LogP contribution is 2.34. The van der Waals surface area contributed by atoms with Gasteiger partial charge in [-0.1, -0.05) is 12.1 Å². The first kappa shape index (κ1) is 18.1. The average Bonchev–Trinajstić information content (AvgIpc) is 3.12. The van der Waals surface area contributed by atoms with Crippen LogP contribution in [0.5, 0.6) is 0 Å². The number of benzene rings is 2. The van der Waals surface area contributed by atoms with Crippen LogP contribution in [0.4, 0.5) is 14.5 Å². The van der Waals surface area contributed by atoms with Gasteiger partial charge in [-0.15, -0.1) is 11.3 Å². The fourth-order valence-corrected chi connectivity index (χ4v) is 5.15. The Morgan fingerprint density at radius 2 is 1.70 bits per heavy atom. The summed E-state index contributed by atoms with van der Waals surface area (Å²) in [6.07, 6.45) is 1.67. The number of nitrogens with zero attached hydrogens (tertiary/aromatic N) is 2. The second-order valence-corrected chi connectivity index (χ2v) is 9.67. The summed E-state index contributed by atoms with van der Waals surface area (Å²) in [5.41, 5.74) is 2.19. The van der Waals surface area contributed by atoms with Gasteiger partial charge >= 0.3 is 0 Å². The summed E-state index contributed by atoms with van der Waals surface area (Å²) >= 11 is 1.33. The summed E-state index contributed by atoms with van der Waals surface area (Å²) < 4.78 is 50.1. The molecule has 0 amide bonds. The molecule has 0 bridgehead atoms. The van der Waals surface area contributed by atoms with Gasteiger partial charge in [-0.2, -0.15) is 0 Å². The Labute approximate surface area is 160 Å². The second kappa shape index (κ2) is 7.01. The van der Waals surface area contributed by atoms with Gasteiger partial charge in [-0.25, -0.2) is 22.2 Å². The van der Waals surface area contributed by atoms with Gasteiger partial charge < -0.3 is 4.90 Å². The van der Waals surface area contributed by atoms with Crippen molar-refractivity contribution < 1.29 is 17.2 Å². The molecule has 0 saturated carbocycles. The summed E-state index contributed by atoms with van der Waals surface area (Å²) in [5, 5.41) is 0.493. The van der Waals surface area contributed by atoms with E-state index in [0.717, 1.165) is 22.2 Å². The van der Waals surface area contributed by atoms with Crippen LogP contribution in [0.25, 0.3) is 21.0 Å². The molecule has 4 nitrogen and oxygen atoms in total. The predicted molar refractivity (Wildman–Crippen MR) is 104 cm³/mol. The van der Waals surface area contributed by atoms with E-state index in [-0.39, 0.29) is 17.1 Å². The summed E-state index contributed by atoms with van der Waals surface area (Å²) in [7, 11) is -2.91. The second-order valence-electron chi connectivity index (χ2n) is 6.34. The standard InChI is InChI=1S/C19H16F2N2O2S2/c20-14-3-6-16(17(21)11-14)19-22-12-18(26-19)13-1-4-15(5-2-13)23-7-9-27(24,25)10-8-23/h1-6,11-12H,7-10H2. The van der Waals surface area contributed by atoms with Crippen LogP contribution in [-0.4, -0.2) is 38.0 Å². The quantitative estimate of drug-likeness (QED) is 0.660. The largest absolute Gasteiger partial charge is 0.369 e. The van der Waals surface area contributed by atoms with Crippen LogP contribution in [0.1, 0.15) is 0 Å². The van der Waals surface area contributed by atoms with E-state index in [9.17, 15) is 17.2 Å². The average molecular weight is 406 g/mol. The molecule has 0 spiro atoms. The van der Waals surface area contributed by atoms with Gasteiger partial charge in [0, 0.05) is 36.6 Å². The molecule has 1 aliphatic heterocycles. The lowest BCUT2D eigenvalue weighted by molar-refractivity contribution is 0.585. The molecule has 140 valence electrons. The summed E-state index contributed by atoms with van der Waals surface area (Å²) in [5.74, 6) is -0.896. The molecule has 1 saturated heterocycles. The molecule has 0 aliphatic carbocycles. The van der Waals surface area contributed by atoms with Crippen LogP contribution in [0.15, 0.2) is 48.7 Å². The van der Waals surface area contributed by atoms with Crippen LogP contribution < -0.4 is 4.90 Å². The molecule has 2 heterocycles. The Hall–Kier alpha value is -2.32. The monoisotopic (exact) mass is 406 g/mol. The number of sulfone groups is 1. The van der Waals surface area contributed by atoms with E-state index in [0.29, 0.717) is 18.1 Å². The van der Waals surface area contributed by atoms with E-state index in [1.807, 2.05) is 24.3 Å². The summed E-state index contributed by atoms with van der Waals surface area (Å²) in [6, 6.07) is 11.2. The molecule has 1 fully saturated rings. The molecule has 1 aromatic heterocycles.